The molecule has 0 unspecified atom stereocenters. The lowest BCUT2D eigenvalue weighted by Crippen LogP contribution is -2.08. The zero-order valence-corrected chi connectivity index (χ0v) is 11.5. The first-order valence-corrected chi connectivity index (χ1v) is 6.33. The third kappa shape index (κ3) is 3.18. The van der Waals surface area contributed by atoms with Crippen LogP contribution in [-0.4, -0.2) is 19.9 Å². The van der Waals surface area contributed by atoms with Crippen molar-refractivity contribution in [3.05, 3.63) is 51.2 Å². The minimum atomic E-state index is -0.558. The lowest BCUT2D eigenvalue weighted by molar-refractivity contribution is -0.384. The summed E-state index contributed by atoms with van der Waals surface area (Å²) in [5.41, 5.74) is 1.67. The number of nitrogens with one attached hydrogen (secondary N) is 1. The fourth-order valence-electron chi connectivity index (χ4n) is 1.74. The van der Waals surface area contributed by atoms with Crippen LogP contribution in [0.15, 0.2) is 24.5 Å². The molecule has 0 saturated carbocycles. The van der Waals surface area contributed by atoms with Gasteiger partial charge < -0.3 is 5.32 Å². The Hall–Kier alpha value is -2.28. The highest BCUT2D eigenvalue weighted by atomic mass is 35.5. The van der Waals surface area contributed by atoms with E-state index in [-0.39, 0.29) is 16.8 Å². The van der Waals surface area contributed by atoms with E-state index >= 15 is 0 Å². The summed E-state index contributed by atoms with van der Waals surface area (Å²) in [5.74, 6) is 0.0858. The number of nitro groups is 1. The summed E-state index contributed by atoms with van der Waals surface area (Å²) in [6, 6.07) is 3.82. The molecule has 0 bridgehead atoms. The minimum absolute atomic E-state index is 0.0464. The second kappa shape index (κ2) is 6.25. The Morgan fingerprint density at radius 3 is 2.95 bits per heavy atom. The van der Waals surface area contributed by atoms with Gasteiger partial charge in [-0.2, -0.15) is 4.98 Å². The van der Waals surface area contributed by atoms with E-state index < -0.39 is 4.92 Å². The van der Waals surface area contributed by atoms with Gasteiger partial charge in [0.1, 0.15) is 6.20 Å². The molecule has 0 spiro atoms. The quantitative estimate of drug-likeness (QED) is 0.517. The van der Waals surface area contributed by atoms with Crippen molar-refractivity contribution >= 4 is 23.1 Å². The molecular weight excluding hydrogens is 282 g/mol. The van der Waals surface area contributed by atoms with Crippen LogP contribution in [0.3, 0.4) is 0 Å². The fourth-order valence-corrected chi connectivity index (χ4v) is 1.87. The molecule has 0 atom stereocenters. The SMILES string of the molecule is CCc1cccnc1CNc1nc(Cl)ncc1[N+](=O)[O-]. The van der Waals surface area contributed by atoms with Crippen LogP contribution in [0.5, 0.6) is 0 Å². The summed E-state index contributed by atoms with van der Waals surface area (Å²) in [4.78, 5) is 22.0. The van der Waals surface area contributed by atoms with Crippen LogP contribution in [0, 0.1) is 10.1 Å². The van der Waals surface area contributed by atoms with Crippen LogP contribution >= 0.6 is 11.6 Å². The van der Waals surface area contributed by atoms with Crippen LogP contribution in [0.2, 0.25) is 5.28 Å². The molecule has 2 aromatic heterocycles. The molecule has 0 saturated heterocycles. The molecule has 104 valence electrons. The molecule has 0 aliphatic heterocycles. The Balaban J connectivity index is 2.22. The molecule has 0 fully saturated rings. The standard InChI is InChI=1S/C12H12ClN5O2/c1-2-8-4-3-5-14-9(8)6-15-11-10(18(19)20)7-16-12(13)17-11/h3-5,7H,2,6H2,1H3,(H,15,16,17). The van der Waals surface area contributed by atoms with Gasteiger partial charge in [-0.3, -0.25) is 15.1 Å². The van der Waals surface area contributed by atoms with Crippen molar-refractivity contribution in [2.24, 2.45) is 0 Å². The molecule has 0 aliphatic rings. The summed E-state index contributed by atoms with van der Waals surface area (Å²) in [6.07, 6.45) is 3.59. The van der Waals surface area contributed by atoms with Gasteiger partial charge in [-0.1, -0.05) is 13.0 Å². The van der Waals surface area contributed by atoms with Gasteiger partial charge in [0.15, 0.2) is 0 Å². The average Bonchev–Trinajstić information content (AvgIpc) is 2.45. The van der Waals surface area contributed by atoms with E-state index in [1.54, 1.807) is 6.20 Å². The molecule has 0 aliphatic carbocycles. The van der Waals surface area contributed by atoms with Gasteiger partial charge in [0.2, 0.25) is 11.1 Å². The molecule has 1 N–H and O–H groups in total. The van der Waals surface area contributed by atoms with Crippen LogP contribution in [0.1, 0.15) is 18.2 Å². The Kier molecular flexibility index (Phi) is 4.41. The zero-order valence-electron chi connectivity index (χ0n) is 10.7. The normalized spacial score (nSPS) is 10.3. The number of halogens is 1. The van der Waals surface area contributed by atoms with Crippen LogP contribution in [0.4, 0.5) is 11.5 Å². The molecule has 2 aromatic rings. The van der Waals surface area contributed by atoms with Crippen molar-refractivity contribution in [1.82, 2.24) is 15.0 Å². The highest BCUT2D eigenvalue weighted by Gasteiger charge is 2.17. The maximum Gasteiger partial charge on any atom is 0.329 e. The zero-order chi connectivity index (χ0) is 14.5. The Bertz CT molecular complexity index is 635. The number of pyridine rings is 1. The maximum atomic E-state index is 10.9. The lowest BCUT2D eigenvalue weighted by atomic mass is 10.1. The smallest absolute Gasteiger partial charge is 0.329 e. The first kappa shape index (κ1) is 14.1. The van der Waals surface area contributed by atoms with Crippen molar-refractivity contribution in [2.45, 2.75) is 19.9 Å². The summed E-state index contributed by atoms with van der Waals surface area (Å²) in [7, 11) is 0. The molecule has 8 heteroatoms. The molecule has 0 amide bonds. The van der Waals surface area contributed by atoms with E-state index in [1.165, 1.54) is 0 Å². The Labute approximate surface area is 120 Å². The molecule has 2 heterocycles. The number of hydrogen-bond acceptors (Lipinski definition) is 6. The maximum absolute atomic E-state index is 10.9. The number of hydrogen-bond donors (Lipinski definition) is 1. The molecule has 2 rings (SSSR count). The minimum Gasteiger partial charge on any atom is -0.359 e. The highest BCUT2D eigenvalue weighted by molar-refractivity contribution is 6.28. The molecule has 0 aromatic carbocycles. The van der Waals surface area contributed by atoms with E-state index in [0.717, 1.165) is 23.9 Å². The summed E-state index contributed by atoms with van der Waals surface area (Å²) in [5, 5.41) is 13.7. The van der Waals surface area contributed by atoms with E-state index in [4.69, 9.17) is 11.6 Å². The van der Waals surface area contributed by atoms with Gasteiger partial charge in [-0.15, -0.1) is 0 Å². The number of anilines is 1. The first-order chi connectivity index (χ1) is 9.61. The number of aryl methyl sites for hydroxylation is 1. The molecule has 0 radical (unpaired) electrons. The predicted octanol–water partition coefficient (Wildman–Crippen LogP) is 2.61. The first-order valence-electron chi connectivity index (χ1n) is 5.95. The fraction of sp³-hybridized carbons (Fsp3) is 0.250. The third-order valence-electron chi connectivity index (χ3n) is 2.73. The van der Waals surface area contributed by atoms with E-state index in [9.17, 15) is 10.1 Å². The number of nitrogens with zero attached hydrogens (tertiary/aromatic N) is 4. The predicted molar refractivity (Wildman–Crippen MR) is 74.6 cm³/mol. The van der Waals surface area contributed by atoms with Crippen molar-refractivity contribution in [2.75, 3.05) is 5.32 Å². The summed E-state index contributed by atoms with van der Waals surface area (Å²) >= 11 is 5.66. The van der Waals surface area contributed by atoms with Crippen LogP contribution in [0.25, 0.3) is 0 Å². The molecule has 20 heavy (non-hydrogen) atoms. The third-order valence-corrected chi connectivity index (χ3v) is 2.91. The molecule has 7 nitrogen and oxygen atoms in total. The van der Waals surface area contributed by atoms with E-state index in [0.29, 0.717) is 6.54 Å². The van der Waals surface area contributed by atoms with Crippen molar-refractivity contribution in [3.63, 3.8) is 0 Å². The Morgan fingerprint density at radius 1 is 1.45 bits per heavy atom. The lowest BCUT2D eigenvalue weighted by Gasteiger charge is -2.08. The van der Waals surface area contributed by atoms with Crippen LogP contribution in [-0.2, 0) is 13.0 Å². The molecular formula is C12H12ClN5O2. The highest BCUT2D eigenvalue weighted by Crippen LogP contribution is 2.22. The van der Waals surface area contributed by atoms with Gasteiger partial charge in [-0.05, 0) is 29.7 Å². The van der Waals surface area contributed by atoms with Gasteiger partial charge in [-0.25, -0.2) is 4.98 Å². The number of aromatic nitrogens is 3. The van der Waals surface area contributed by atoms with E-state index in [2.05, 4.69) is 20.3 Å². The van der Waals surface area contributed by atoms with E-state index in [1.807, 2.05) is 19.1 Å². The van der Waals surface area contributed by atoms with Crippen LogP contribution < -0.4 is 5.32 Å². The van der Waals surface area contributed by atoms with Crippen molar-refractivity contribution in [1.29, 1.82) is 0 Å². The van der Waals surface area contributed by atoms with Gasteiger partial charge in [0, 0.05) is 6.20 Å². The topological polar surface area (TPSA) is 93.8 Å². The Morgan fingerprint density at radius 2 is 2.25 bits per heavy atom. The number of rotatable bonds is 5. The average molecular weight is 294 g/mol. The monoisotopic (exact) mass is 293 g/mol. The van der Waals surface area contributed by atoms with Gasteiger partial charge >= 0.3 is 5.69 Å². The second-order valence-electron chi connectivity index (χ2n) is 3.95. The van der Waals surface area contributed by atoms with Gasteiger partial charge in [0.25, 0.3) is 0 Å². The van der Waals surface area contributed by atoms with Crippen molar-refractivity contribution in [3.8, 4) is 0 Å². The largest absolute Gasteiger partial charge is 0.359 e. The van der Waals surface area contributed by atoms with Gasteiger partial charge in [0.05, 0.1) is 17.2 Å². The van der Waals surface area contributed by atoms with Crippen molar-refractivity contribution < 1.29 is 4.92 Å². The summed E-state index contributed by atoms with van der Waals surface area (Å²) < 4.78 is 0. The second-order valence-corrected chi connectivity index (χ2v) is 4.28. The summed E-state index contributed by atoms with van der Waals surface area (Å²) in [6.45, 7) is 2.35.